The van der Waals surface area contributed by atoms with E-state index >= 15 is 0 Å². The highest BCUT2D eigenvalue weighted by atomic mass is 35.5. The van der Waals surface area contributed by atoms with Crippen LogP contribution in [-0.4, -0.2) is 9.55 Å². The lowest BCUT2D eigenvalue weighted by molar-refractivity contribution is 0.908. The number of aromatic nitrogens is 2. The number of rotatable bonds is 0. The van der Waals surface area contributed by atoms with Crippen molar-refractivity contribution in [3.63, 3.8) is 0 Å². The molecule has 13 heavy (non-hydrogen) atoms. The summed E-state index contributed by atoms with van der Waals surface area (Å²) in [6, 6.07) is 1.92. The first-order chi connectivity index (χ1) is 6.11. The van der Waals surface area contributed by atoms with E-state index in [2.05, 4.69) is 23.4 Å². The first kappa shape index (κ1) is 8.57. The monoisotopic (exact) mass is 194 g/mol. The number of halogens is 1. The van der Waals surface area contributed by atoms with Crippen molar-refractivity contribution >= 4 is 22.5 Å². The molecule has 0 aliphatic rings. The van der Waals surface area contributed by atoms with Gasteiger partial charge in [0.2, 0.25) is 0 Å². The van der Waals surface area contributed by atoms with Gasteiger partial charge in [-0.25, -0.2) is 4.98 Å². The smallest absolute Gasteiger partial charge is 0.129 e. The maximum atomic E-state index is 5.83. The van der Waals surface area contributed by atoms with Crippen LogP contribution in [0.25, 0.3) is 10.9 Å². The van der Waals surface area contributed by atoms with Gasteiger partial charge in [0, 0.05) is 18.1 Å². The van der Waals surface area contributed by atoms with Gasteiger partial charge in [-0.2, -0.15) is 0 Å². The molecular weight excluding hydrogens is 184 g/mol. The number of pyridine rings is 1. The molecule has 0 amide bonds. The van der Waals surface area contributed by atoms with Gasteiger partial charge < -0.3 is 4.57 Å². The standard InChI is InChI=1S/C10H11ClN2/c1-6-7(2)13(3)9-5-12-10(11)4-8(6)9/h4-5H,1-3H3. The van der Waals surface area contributed by atoms with Crippen molar-refractivity contribution in [2.24, 2.45) is 7.05 Å². The Labute approximate surface area is 82.1 Å². The normalized spacial score (nSPS) is 11.1. The summed E-state index contributed by atoms with van der Waals surface area (Å²) in [5, 5.41) is 1.75. The number of hydrogen-bond acceptors (Lipinski definition) is 1. The molecule has 0 spiro atoms. The van der Waals surface area contributed by atoms with Gasteiger partial charge in [0.1, 0.15) is 5.15 Å². The van der Waals surface area contributed by atoms with Crippen molar-refractivity contribution in [3.05, 3.63) is 28.7 Å². The van der Waals surface area contributed by atoms with E-state index in [9.17, 15) is 0 Å². The molecule has 2 nitrogen and oxygen atoms in total. The fraction of sp³-hybridized carbons (Fsp3) is 0.300. The summed E-state index contributed by atoms with van der Waals surface area (Å²) in [7, 11) is 2.04. The molecule has 2 aromatic rings. The molecule has 0 atom stereocenters. The topological polar surface area (TPSA) is 17.8 Å². The third-order valence-electron chi connectivity index (χ3n) is 2.66. The van der Waals surface area contributed by atoms with Gasteiger partial charge in [-0.15, -0.1) is 0 Å². The number of aryl methyl sites for hydroxylation is 2. The first-order valence-corrected chi connectivity index (χ1v) is 4.56. The van der Waals surface area contributed by atoms with Crippen molar-refractivity contribution in [1.29, 1.82) is 0 Å². The molecule has 0 aliphatic heterocycles. The van der Waals surface area contributed by atoms with E-state index in [1.54, 1.807) is 0 Å². The highest BCUT2D eigenvalue weighted by Gasteiger charge is 2.08. The Hall–Kier alpha value is -1.02. The molecule has 0 saturated carbocycles. The molecule has 0 unspecified atom stereocenters. The Bertz CT molecular complexity index is 471. The second kappa shape index (κ2) is 2.74. The van der Waals surface area contributed by atoms with Gasteiger partial charge in [-0.1, -0.05) is 11.6 Å². The molecular formula is C10H11ClN2. The van der Waals surface area contributed by atoms with E-state index < -0.39 is 0 Å². The zero-order valence-corrected chi connectivity index (χ0v) is 8.68. The average Bonchev–Trinajstić information content (AvgIpc) is 2.32. The largest absolute Gasteiger partial charge is 0.346 e. The molecule has 2 aromatic heterocycles. The second-order valence-electron chi connectivity index (χ2n) is 3.29. The van der Waals surface area contributed by atoms with E-state index in [1.165, 1.54) is 16.6 Å². The van der Waals surface area contributed by atoms with Gasteiger partial charge >= 0.3 is 0 Å². The second-order valence-corrected chi connectivity index (χ2v) is 3.68. The van der Waals surface area contributed by atoms with E-state index in [0.717, 1.165) is 5.52 Å². The zero-order valence-electron chi connectivity index (χ0n) is 7.93. The Morgan fingerprint density at radius 1 is 1.38 bits per heavy atom. The number of hydrogen-bond donors (Lipinski definition) is 0. The van der Waals surface area contributed by atoms with E-state index in [4.69, 9.17) is 11.6 Å². The summed E-state index contributed by atoms with van der Waals surface area (Å²) in [4.78, 5) is 4.07. The lowest BCUT2D eigenvalue weighted by Gasteiger charge is -1.97. The number of fused-ring (bicyclic) bond motifs is 1. The Balaban J connectivity index is 2.95. The molecule has 0 radical (unpaired) electrons. The minimum Gasteiger partial charge on any atom is -0.346 e. The molecule has 0 bridgehead atoms. The van der Waals surface area contributed by atoms with Gasteiger partial charge in [0.25, 0.3) is 0 Å². The quantitative estimate of drug-likeness (QED) is 0.590. The van der Waals surface area contributed by atoms with Crippen LogP contribution < -0.4 is 0 Å². The molecule has 2 rings (SSSR count). The predicted octanol–water partition coefficient (Wildman–Crippen LogP) is 2.84. The molecule has 3 heteroatoms. The van der Waals surface area contributed by atoms with Crippen LogP contribution in [0.4, 0.5) is 0 Å². The summed E-state index contributed by atoms with van der Waals surface area (Å²) in [6.45, 7) is 4.21. The van der Waals surface area contributed by atoms with Crippen LogP contribution in [0.3, 0.4) is 0 Å². The van der Waals surface area contributed by atoms with Crippen LogP contribution in [0.15, 0.2) is 12.3 Å². The third-order valence-corrected chi connectivity index (χ3v) is 2.87. The van der Waals surface area contributed by atoms with Gasteiger partial charge in [0.05, 0.1) is 11.7 Å². The summed E-state index contributed by atoms with van der Waals surface area (Å²) >= 11 is 5.83. The Morgan fingerprint density at radius 3 is 2.77 bits per heavy atom. The van der Waals surface area contributed by atoms with Crippen LogP contribution in [0, 0.1) is 13.8 Å². The fourth-order valence-electron chi connectivity index (χ4n) is 1.62. The van der Waals surface area contributed by atoms with E-state index in [1.807, 2.05) is 19.3 Å². The SMILES string of the molecule is Cc1c(C)n(C)c2cnc(Cl)cc12. The summed E-state index contributed by atoms with van der Waals surface area (Å²) in [5.41, 5.74) is 3.68. The lowest BCUT2D eigenvalue weighted by Crippen LogP contribution is -1.90. The first-order valence-electron chi connectivity index (χ1n) is 4.18. The van der Waals surface area contributed by atoms with Crippen LogP contribution in [-0.2, 0) is 7.05 Å². The van der Waals surface area contributed by atoms with Crippen LogP contribution in [0.1, 0.15) is 11.3 Å². The third kappa shape index (κ3) is 1.13. The minimum absolute atomic E-state index is 0.557. The summed E-state index contributed by atoms with van der Waals surface area (Å²) in [5.74, 6) is 0. The summed E-state index contributed by atoms with van der Waals surface area (Å²) < 4.78 is 2.13. The summed E-state index contributed by atoms with van der Waals surface area (Å²) in [6.07, 6.45) is 1.82. The number of nitrogens with zero attached hydrogens (tertiary/aromatic N) is 2. The molecule has 0 aliphatic carbocycles. The van der Waals surface area contributed by atoms with Gasteiger partial charge in [-0.3, -0.25) is 0 Å². The fourth-order valence-corrected chi connectivity index (χ4v) is 1.78. The highest BCUT2D eigenvalue weighted by Crippen LogP contribution is 2.24. The van der Waals surface area contributed by atoms with Crippen molar-refractivity contribution < 1.29 is 0 Å². The van der Waals surface area contributed by atoms with Crippen LogP contribution >= 0.6 is 11.6 Å². The average molecular weight is 195 g/mol. The Kier molecular flexibility index (Phi) is 1.81. The maximum Gasteiger partial charge on any atom is 0.129 e. The maximum absolute atomic E-state index is 5.83. The molecule has 0 fully saturated rings. The van der Waals surface area contributed by atoms with Gasteiger partial charge in [0.15, 0.2) is 0 Å². The predicted molar refractivity (Wildman–Crippen MR) is 55.2 cm³/mol. The molecule has 0 N–H and O–H groups in total. The van der Waals surface area contributed by atoms with Crippen LogP contribution in [0.2, 0.25) is 5.15 Å². The highest BCUT2D eigenvalue weighted by molar-refractivity contribution is 6.30. The Morgan fingerprint density at radius 2 is 2.08 bits per heavy atom. The molecule has 0 aromatic carbocycles. The zero-order chi connectivity index (χ0) is 9.59. The van der Waals surface area contributed by atoms with E-state index in [0.29, 0.717) is 5.15 Å². The van der Waals surface area contributed by atoms with Crippen LogP contribution in [0.5, 0.6) is 0 Å². The van der Waals surface area contributed by atoms with Crippen molar-refractivity contribution in [2.75, 3.05) is 0 Å². The van der Waals surface area contributed by atoms with Crippen molar-refractivity contribution in [3.8, 4) is 0 Å². The van der Waals surface area contributed by atoms with Gasteiger partial charge in [-0.05, 0) is 25.5 Å². The molecule has 0 saturated heterocycles. The molecule has 68 valence electrons. The molecule has 2 heterocycles. The van der Waals surface area contributed by atoms with Crippen molar-refractivity contribution in [2.45, 2.75) is 13.8 Å². The minimum atomic E-state index is 0.557. The van der Waals surface area contributed by atoms with E-state index in [-0.39, 0.29) is 0 Å². The lowest BCUT2D eigenvalue weighted by atomic mass is 10.2. The van der Waals surface area contributed by atoms with Crippen molar-refractivity contribution in [1.82, 2.24) is 9.55 Å².